The second kappa shape index (κ2) is 9.45. The van der Waals surface area contributed by atoms with Crippen molar-refractivity contribution in [2.75, 3.05) is 0 Å². The van der Waals surface area contributed by atoms with E-state index in [9.17, 15) is 9.59 Å². The fourth-order valence-corrected chi connectivity index (χ4v) is 2.90. The van der Waals surface area contributed by atoms with Crippen molar-refractivity contribution in [1.82, 2.24) is 16.0 Å². The number of hydrazine groups is 1. The quantitative estimate of drug-likeness (QED) is 0.583. The summed E-state index contributed by atoms with van der Waals surface area (Å²) in [5, 5.41) is 4.50. The first-order chi connectivity index (χ1) is 14.3. The number of rotatable bonds is 6. The zero-order chi connectivity index (χ0) is 21.7. The normalized spacial score (nSPS) is 10.5. The van der Waals surface area contributed by atoms with Gasteiger partial charge in [0.05, 0.1) is 12.1 Å². The highest BCUT2D eigenvalue weighted by Crippen LogP contribution is 2.22. The Morgan fingerprint density at radius 1 is 1.07 bits per heavy atom. The Hall–Kier alpha value is -3.32. The zero-order valence-corrected chi connectivity index (χ0v) is 17.7. The van der Waals surface area contributed by atoms with Crippen molar-refractivity contribution in [3.8, 4) is 5.75 Å². The molecule has 8 heteroatoms. The Morgan fingerprint density at radius 3 is 2.43 bits per heavy atom. The maximum absolute atomic E-state index is 12.2. The van der Waals surface area contributed by atoms with E-state index >= 15 is 0 Å². The molecule has 0 aliphatic carbocycles. The van der Waals surface area contributed by atoms with Crippen molar-refractivity contribution in [2.24, 2.45) is 0 Å². The molecule has 30 heavy (non-hydrogen) atoms. The molecule has 0 spiro atoms. The predicted octanol–water partition coefficient (Wildman–Crippen LogP) is 3.84. The van der Waals surface area contributed by atoms with Gasteiger partial charge < -0.3 is 9.26 Å². The summed E-state index contributed by atoms with van der Waals surface area (Å²) in [6, 6.07) is 12.4. The van der Waals surface area contributed by atoms with Crippen LogP contribution in [0.2, 0.25) is 5.02 Å². The summed E-state index contributed by atoms with van der Waals surface area (Å²) in [6.07, 6.45) is 0.0713. The molecule has 1 aromatic heterocycles. The molecule has 3 rings (SSSR count). The second-order valence-corrected chi connectivity index (χ2v) is 7.29. The number of amides is 2. The molecule has 0 saturated heterocycles. The van der Waals surface area contributed by atoms with Gasteiger partial charge in [0, 0.05) is 16.1 Å². The lowest BCUT2D eigenvalue weighted by atomic mass is 10.1. The van der Waals surface area contributed by atoms with Gasteiger partial charge in [0.2, 0.25) is 5.91 Å². The Bertz CT molecular complexity index is 1040. The maximum atomic E-state index is 12.2. The molecule has 0 fully saturated rings. The van der Waals surface area contributed by atoms with E-state index < -0.39 is 5.91 Å². The molecule has 0 atom stereocenters. The zero-order valence-electron chi connectivity index (χ0n) is 16.9. The molecule has 2 amide bonds. The van der Waals surface area contributed by atoms with Crippen molar-refractivity contribution >= 4 is 23.4 Å². The number of aromatic nitrogens is 1. The minimum atomic E-state index is -0.414. The highest BCUT2D eigenvalue weighted by atomic mass is 35.5. The lowest BCUT2D eigenvalue weighted by Gasteiger charge is -2.09. The lowest BCUT2D eigenvalue weighted by molar-refractivity contribution is -0.121. The summed E-state index contributed by atoms with van der Waals surface area (Å²) in [4.78, 5) is 24.3. The number of ether oxygens (including phenoxy) is 1. The maximum Gasteiger partial charge on any atom is 0.269 e. The summed E-state index contributed by atoms with van der Waals surface area (Å²) in [7, 11) is 0. The van der Waals surface area contributed by atoms with Crippen LogP contribution in [0, 0.1) is 20.8 Å². The van der Waals surface area contributed by atoms with Crippen LogP contribution in [0.25, 0.3) is 0 Å². The summed E-state index contributed by atoms with van der Waals surface area (Å²) >= 11 is 6.01. The van der Waals surface area contributed by atoms with Gasteiger partial charge in [0.1, 0.15) is 18.1 Å². The van der Waals surface area contributed by atoms with Gasteiger partial charge >= 0.3 is 0 Å². The van der Waals surface area contributed by atoms with E-state index in [1.165, 1.54) is 0 Å². The Labute approximate surface area is 179 Å². The van der Waals surface area contributed by atoms with Gasteiger partial charge in [-0.3, -0.25) is 20.4 Å². The number of carbonyl (C=O) groups is 2. The molecular weight excluding hydrogens is 406 g/mol. The molecule has 0 unspecified atom stereocenters. The third-order valence-electron chi connectivity index (χ3n) is 4.59. The SMILES string of the molecule is Cc1cc(OCc2ccc(C(=O)NNC(=O)Cc3c(C)noc3C)cc2)ccc1Cl. The van der Waals surface area contributed by atoms with Gasteiger partial charge in [-0.05, 0) is 62.2 Å². The topological polar surface area (TPSA) is 93.5 Å². The van der Waals surface area contributed by atoms with Gasteiger partial charge in [-0.25, -0.2) is 0 Å². The van der Waals surface area contributed by atoms with E-state index in [1.54, 1.807) is 44.2 Å². The Balaban J connectivity index is 1.49. The first-order valence-corrected chi connectivity index (χ1v) is 9.70. The van der Waals surface area contributed by atoms with E-state index in [4.69, 9.17) is 20.9 Å². The van der Waals surface area contributed by atoms with Crippen LogP contribution < -0.4 is 15.6 Å². The highest BCUT2D eigenvalue weighted by molar-refractivity contribution is 6.31. The fraction of sp³-hybridized carbons (Fsp3) is 0.227. The van der Waals surface area contributed by atoms with E-state index in [0.717, 1.165) is 16.9 Å². The molecule has 3 aromatic rings. The average molecular weight is 428 g/mol. The van der Waals surface area contributed by atoms with Crippen LogP contribution in [0.5, 0.6) is 5.75 Å². The number of hydrogen-bond donors (Lipinski definition) is 2. The molecule has 2 aromatic carbocycles. The van der Waals surface area contributed by atoms with Gasteiger partial charge in [0.15, 0.2) is 0 Å². The molecule has 7 nitrogen and oxygen atoms in total. The second-order valence-electron chi connectivity index (χ2n) is 6.88. The number of nitrogens with zero attached hydrogens (tertiary/aromatic N) is 1. The monoisotopic (exact) mass is 427 g/mol. The highest BCUT2D eigenvalue weighted by Gasteiger charge is 2.14. The molecule has 0 saturated carbocycles. The summed E-state index contributed by atoms with van der Waals surface area (Å²) in [5.74, 6) is 0.532. The van der Waals surface area contributed by atoms with Crippen LogP contribution in [-0.4, -0.2) is 17.0 Å². The number of benzene rings is 2. The first kappa shape index (κ1) is 21.4. The number of hydrogen-bond acceptors (Lipinski definition) is 5. The van der Waals surface area contributed by atoms with Crippen molar-refractivity contribution in [2.45, 2.75) is 33.8 Å². The van der Waals surface area contributed by atoms with Crippen LogP contribution in [0.1, 0.15) is 38.5 Å². The number of nitrogens with one attached hydrogen (secondary N) is 2. The summed E-state index contributed by atoms with van der Waals surface area (Å²) in [5.41, 5.74) is 8.43. The van der Waals surface area contributed by atoms with E-state index in [0.29, 0.717) is 34.2 Å². The number of aryl methyl sites for hydroxylation is 3. The standard InChI is InChI=1S/C22H22ClN3O4/c1-13-10-18(8-9-20(13)23)29-12-16-4-6-17(7-5-16)22(28)25-24-21(27)11-19-14(2)26-30-15(19)3/h4-10H,11-12H2,1-3H3,(H,24,27)(H,25,28). The summed E-state index contributed by atoms with van der Waals surface area (Å²) in [6.45, 7) is 5.77. The van der Waals surface area contributed by atoms with Crippen LogP contribution in [-0.2, 0) is 17.8 Å². The van der Waals surface area contributed by atoms with E-state index in [2.05, 4.69) is 16.0 Å². The van der Waals surface area contributed by atoms with Crippen molar-refractivity contribution in [3.05, 3.63) is 81.2 Å². The van der Waals surface area contributed by atoms with Gasteiger partial charge in [-0.2, -0.15) is 0 Å². The molecule has 0 aliphatic heterocycles. The first-order valence-electron chi connectivity index (χ1n) is 9.32. The largest absolute Gasteiger partial charge is 0.489 e. The number of carbonyl (C=O) groups excluding carboxylic acids is 2. The lowest BCUT2D eigenvalue weighted by Crippen LogP contribution is -2.42. The Kier molecular flexibility index (Phi) is 6.74. The number of halogens is 1. The third kappa shape index (κ3) is 5.39. The van der Waals surface area contributed by atoms with E-state index in [1.807, 2.05) is 19.1 Å². The van der Waals surface area contributed by atoms with Crippen LogP contribution in [0.4, 0.5) is 0 Å². The van der Waals surface area contributed by atoms with Crippen LogP contribution in [0.3, 0.4) is 0 Å². The molecule has 2 N–H and O–H groups in total. The molecule has 0 radical (unpaired) electrons. The third-order valence-corrected chi connectivity index (χ3v) is 5.01. The van der Waals surface area contributed by atoms with Crippen molar-refractivity contribution in [1.29, 1.82) is 0 Å². The summed E-state index contributed by atoms with van der Waals surface area (Å²) < 4.78 is 10.8. The van der Waals surface area contributed by atoms with Gasteiger partial charge in [0.25, 0.3) is 5.91 Å². The minimum absolute atomic E-state index is 0.0713. The van der Waals surface area contributed by atoms with Crippen LogP contribution in [0.15, 0.2) is 47.0 Å². The van der Waals surface area contributed by atoms with Gasteiger partial charge in [-0.1, -0.05) is 28.9 Å². The molecular formula is C22H22ClN3O4. The van der Waals surface area contributed by atoms with Gasteiger partial charge in [-0.15, -0.1) is 0 Å². The van der Waals surface area contributed by atoms with Crippen molar-refractivity contribution in [3.63, 3.8) is 0 Å². The van der Waals surface area contributed by atoms with Crippen LogP contribution >= 0.6 is 11.6 Å². The smallest absolute Gasteiger partial charge is 0.269 e. The average Bonchev–Trinajstić information content (AvgIpc) is 3.05. The molecule has 1 heterocycles. The fourth-order valence-electron chi connectivity index (χ4n) is 2.78. The van der Waals surface area contributed by atoms with E-state index in [-0.39, 0.29) is 12.3 Å². The molecule has 0 aliphatic rings. The predicted molar refractivity (Wildman–Crippen MR) is 112 cm³/mol. The van der Waals surface area contributed by atoms with Crippen molar-refractivity contribution < 1.29 is 18.8 Å². The molecule has 0 bridgehead atoms. The molecule has 156 valence electrons. The minimum Gasteiger partial charge on any atom is -0.489 e. The Morgan fingerprint density at radius 2 is 1.80 bits per heavy atom.